The van der Waals surface area contributed by atoms with E-state index in [1.165, 1.54) is 57.7 Å². The first kappa shape index (κ1) is 79.2. The van der Waals surface area contributed by atoms with Gasteiger partial charge in [-0.3, -0.25) is 44.0 Å². The van der Waals surface area contributed by atoms with Gasteiger partial charge in [0.2, 0.25) is 29.5 Å². The van der Waals surface area contributed by atoms with Crippen LogP contribution >= 0.6 is 23.1 Å². The number of thiazole rings is 1. The molecule has 544 valence electrons. The van der Waals surface area contributed by atoms with Gasteiger partial charge >= 0.3 is 6.09 Å². The number of anilines is 1. The van der Waals surface area contributed by atoms with Crippen molar-refractivity contribution in [1.82, 2.24) is 56.8 Å². The summed E-state index contributed by atoms with van der Waals surface area (Å²) in [5.74, 6) is -8.54. The van der Waals surface area contributed by atoms with Gasteiger partial charge in [0, 0.05) is 62.2 Å². The molecule has 3 aromatic heterocycles. The van der Waals surface area contributed by atoms with Crippen molar-refractivity contribution in [3.63, 3.8) is 0 Å². The molecule has 0 radical (unpaired) electrons. The van der Waals surface area contributed by atoms with Crippen molar-refractivity contribution in [2.75, 3.05) is 44.3 Å². The molecule has 0 aliphatic carbocycles. The molecule has 42 heteroatoms. The predicted molar refractivity (Wildman–Crippen MR) is 343 cm³/mol. The van der Waals surface area contributed by atoms with Gasteiger partial charge in [0.15, 0.2) is 18.7 Å². The maximum atomic E-state index is 15.4. The lowest BCUT2D eigenvalue weighted by Gasteiger charge is -2.46. The Morgan fingerprint density at radius 3 is 2.22 bits per heavy atom. The first-order valence-corrected chi connectivity index (χ1v) is 32.6. The number of hydrogen-bond donors (Lipinski definition) is 22. The summed E-state index contributed by atoms with van der Waals surface area (Å²) in [6, 6.07) is -8.53. The summed E-state index contributed by atoms with van der Waals surface area (Å²) in [5.41, 5.74) is 31.0. The quantitative estimate of drug-likeness (QED) is 0.0146. The molecule has 3 aliphatic heterocycles. The lowest BCUT2D eigenvalue weighted by molar-refractivity contribution is -0.369. The Balaban J connectivity index is 1.29. The van der Waals surface area contributed by atoms with E-state index in [4.69, 9.17) is 68.5 Å². The minimum atomic E-state index is -2.20. The van der Waals surface area contributed by atoms with Crippen LogP contribution in [0.1, 0.15) is 121 Å². The number of nitrogens with one attached hydrogen (secondary N) is 8. The highest BCUT2D eigenvalue weighted by atomic mass is 32.2. The van der Waals surface area contributed by atoms with Crippen LogP contribution in [0, 0.1) is 18.3 Å². The van der Waals surface area contributed by atoms with Crippen LogP contribution in [-0.4, -0.2) is 260 Å². The number of thioether (sulfide) groups is 1. The fourth-order valence-electron chi connectivity index (χ4n) is 10.3. The molecule has 0 unspecified atom stereocenters. The van der Waals surface area contributed by atoms with Crippen LogP contribution in [0.15, 0.2) is 22.9 Å². The molecule has 0 bridgehead atoms. The molecule has 6 heterocycles. The van der Waals surface area contributed by atoms with Crippen molar-refractivity contribution in [2.24, 2.45) is 39.6 Å². The number of aromatic amines is 1. The Morgan fingerprint density at radius 1 is 0.888 bits per heavy atom. The molecule has 40 nitrogen and oxygen atoms in total. The predicted octanol–water partition coefficient (Wildman–Crippen LogP) is -7.56. The normalized spacial score (nSPS) is 25.0. The zero-order chi connectivity index (χ0) is 72.6. The summed E-state index contributed by atoms with van der Waals surface area (Å²) in [6.07, 6.45) is -22.4. The van der Waals surface area contributed by atoms with Crippen molar-refractivity contribution in [1.29, 1.82) is 5.41 Å². The number of aliphatic imine (C=N–C) groups is 1. The molecular formula is C56H87N19O21S2. The van der Waals surface area contributed by atoms with Gasteiger partial charge in [0.25, 0.3) is 11.8 Å². The van der Waals surface area contributed by atoms with Crippen molar-refractivity contribution in [2.45, 2.75) is 182 Å². The zero-order valence-electron chi connectivity index (χ0n) is 53.9. The number of carbonyl (C=O) groups is 8. The minimum absolute atomic E-state index is 0.00825. The van der Waals surface area contributed by atoms with Crippen LogP contribution in [-0.2, 0) is 47.7 Å². The third kappa shape index (κ3) is 21.1. The summed E-state index contributed by atoms with van der Waals surface area (Å²) >= 11 is 2.66. The van der Waals surface area contributed by atoms with Gasteiger partial charge in [0.05, 0.1) is 77.6 Å². The van der Waals surface area contributed by atoms with Gasteiger partial charge in [-0.1, -0.05) is 6.92 Å². The van der Waals surface area contributed by atoms with E-state index in [-0.39, 0.29) is 65.9 Å². The van der Waals surface area contributed by atoms with E-state index in [0.29, 0.717) is 35.2 Å². The molecule has 2 saturated heterocycles. The standard InChI is InChI=1S/C56H87N19O21S2/c1-20-33(72-46(75-44(20)61)25(13-31(60)78)67-14-23(57)45(62)84)49(87)73-34(40(26-15-64-19-68-26)94-54-42(38(82)36(80)22(3)92-54)95-53-39(83)41(96-55(63)90)37(81)29(16-77)93-53)50(88)70-24(9-12-76)35(79)21(2)47(85)74-43(56(4,5)91)51(89)66-11-8-32-69-28(18-97-32)52-71-27(17-98-52)48(86)65-10-6-7-30(58)59/h15,17,19,21-25,28-29,34-43,53-54,67,76-77,79-83,91H,6-14,16,18,57H2,1-5H3,(H3,58,59)(H2,60,78)(H2,62,84)(H2,63,90)(H,64,68)(H,65,86)(H,66,89)(H,70,88)(H,73,87)(H,74,85)(H2,61,72,75)/t21-,22-,23-,24+,25-,28+,29+,34-,35-,36+,37+,38-,39-,40-,41-,42-,43+,53+,54-/m0/s1. The van der Waals surface area contributed by atoms with Gasteiger partial charge in [0.1, 0.15) is 88.9 Å². The maximum Gasteiger partial charge on any atom is 0.404 e. The van der Waals surface area contributed by atoms with E-state index in [0.717, 1.165) is 12.5 Å². The summed E-state index contributed by atoms with van der Waals surface area (Å²) in [7, 11) is 0. The number of aliphatic hydroxyl groups excluding tert-OH is 7. The summed E-state index contributed by atoms with van der Waals surface area (Å²) in [6.45, 7) is 4.43. The lowest BCUT2D eigenvalue weighted by Crippen LogP contribution is -2.65. The number of aliphatic hydroxyl groups is 8. The summed E-state index contributed by atoms with van der Waals surface area (Å²) in [5, 5.41) is 115. The molecule has 0 aromatic carbocycles. The molecule has 28 N–H and O–H groups in total. The number of nitrogen functional groups attached to an aromatic ring is 1. The topological polar surface area (TPSA) is 676 Å². The fourth-order valence-corrected chi connectivity index (χ4v) is 12.2. The lowest BCUT2D eigenvalue weighted by atomic mass is 9.92. The van der Waals surface area contributed by atoms with E-state index in [2.05, 4.69) is 56.8 Å². The van der Waals surface area contributed by atoms with E-state index in [9.17, 15) is 69.6 Å². The second kappa shape index (κ2) is 35.8. The summed E-state index contributed by atoms with van der Waals surface area (Å²) in [4.78, 5) is 132. The number of primary amides is 3. The van der Waals surface area contributed by atoms with Crippen LogP contribution in [0.25, 0.3) is 0 Å². The second-order valence-corrected chi connectivity index (χ2v) is 25.8. The van der Waals surface area contributed by atoms with Gasteiger partial charge in [-0.2, -0.15) is 0 Å². The van der Waals surface area contributed by atoms with Crippen molar-refractivity contribution < 1.29 is 103 Å². The Morgan fingerprint density at radius 2 is 1.60 bits per heavy atom. The molecule has 19 atom stereocenters. The molecule has 98 heavy (non-hydrogen) atoms. The molecule has 3 aliphatic rings. The maximum absolute atomic E-state index is 15.4. The largest absolute Gasteiger partial charge is 0.441 e. The molecule has 0 spiro atoms. The number of nitrogens with zero attached hydrogens (tertiary/aromatic N) is 5. The average molecular weight is 1430 g/mol. The van der Waals surface area contributed by atoms with E-state index >= 15 is 9.59 Å². The SMILES string of the molecule is Cc1c(N)nc([C@H](CC(N)=O)NC[C@H](N)C(N)=O)nc1C(=O)N[C@H](C(=O)N[C@H](CCO)[C@@H](O)[C@H](C)C(=O)N[C@H](C(=O)NCCC1=N[C@@H](c2nc(C(=O)NCCCC(=N)N)cs2)CS1)C(C)(C)O)[C@@H](O[C@@H]1O[C@@H](C)[C@@H](O)[C@H](O)[C@@H]1O[C@H]1O[C@H](CO)[C@@H](O)[C@H](OC(N)=O)[C@@H]1O)c1cnc[nH]1. The van der Waals surface area contributed by atoms with Gasteiger partial charge in [-0.25, -0.2) is 24.7 Å². The molecule has 8 amide bonds. The number of carbonyl (C=O) groups excluding carboxylic acids is 8. The third-order valence-electron chi connectivity index (χ3n) is 15.9. The average Bonchev–Trinajstić information content (AvgIpc) is 0.884. The van der Waals surface area contributed by atoms with Crippen molar-refractivity contribution in [3.05, 3.63) is 51.4 Å². The number of amides is 8. The highest BCUT2D eigenvalue weighted by molar-refractivity contribution is 8.14. The first-order valence-electron chi connectivity index (χ1n) is 30.7. The van der Waals surface area contributed by atoms with Crippen LogP contribution < -0.4 is 66.3 Å². The Labute approximate surface area is 567 Å². The van der Waals surface area contributed by atoms with Crippen molar-refractivity contribution in [3.8, 4) is 0 Å². The number of ether oxygens (including phenoxy) is 5. The van der Waals surface area contributed by atoms with E-state index in [1.807, 2.05) is 0 Å². The van der Waals surface area contributed by atoms with E-state index in [1.54, 1.807) is 5.38 Å². The molecule has 3 aromatic rings. The Hall–Kier alpha value is -7.79. The monoisotopic (exact) mass is 1430 g/mol. The first-order chi connectivity index (χ1) is 46.1. The Kier molecular flexibility index (Phi) is 28.9. The third-order valence-corrected chi connectivity index (χ3v) is 17.9. The second-order valence-electron chi connectivity index (χ2n) is 23.8. The number of imidazole rings is 1. The van der Waals surface area contributed by atoms with Gasteiger partial charge in [-0.15, -0.1) is 23.1 Å². The zero-order valence-corrected chi connectivity index (χ0v) is 55.5. The summed E-state index contributed by atoms with van der Waals surface area (Å²) < 4.78 is 29.0. The number of amidine groups is 1. The smallest absolute Gasteiger partial charge is 0.404 e. The van der Waals surface area contributed by atoms with Crippen LogP contribution in [0.4, 0.5) is 10.6 Å². The number of H-pyrrole nitrogens is 1. The molecule has 0 saturated carbocycles. The van der Waals surface area contributed by atoms with Crippen molar-refractivity contribution >= 4 is 87.2 Å². The molecular weight excluding hydrogens is 1340 g/mol. The van der Waals surface area contributed by atoms with Gasteiger partial charge in [-0.05, 0) is 40.5 Å². The number of rotatable bonds is 36. The number of nitrogens with two attached hydrogens (primary N) is 6. The highest BCUT2D eigenvalue weighted by Gasteiger charge is 2.53. The highest BCUT2D eigenvalue weighted by Crippen LogP contribution is 2.36. The van der Waals surface area contributed by atoms with Crippen LogP contribution in [0.3, 0.4) is 0 Å². The molecule has 6 rings (SSSR count). The Bertz CT molecular complexity index is 3300. The van der Waals surface area contributed by atoms with E-state index < -0.39 is 189 Å². The van der Waals surface area contributed by atoms with Crippen LogP contribution in [0.5, 0.6) is 0 Å². The number of hydrogen-bond acceptors (Lipinski definition) is 32. The van der Waals surface area contributed by atoms with Crippen LogP contribution in [0.2, 0.25) is 0 Å². The fraction of sp³-hybridized carbons (Fsp3) is 0.643. The van der Waals surface area contributed by atoms with Gasteiger partial charge < -0.3 is 136 Å². The molecule has 2 fully saturated rings. The minimum Gasteiger partial charge on any atom is -0.441 e. The number of aromatic nitrogens is 5.